The fraction of sp³-hybridized carbons (Fsp3) is 0.440. The highest BCUT2D eigenvalue weighted by Crippen LogP contribution is 2.45. The third kappa shape index (κ3) is 4.41. The van der Waals surface area contributed by atoms with E-state index in [1.807, 2.05) is 49.4 Å². The molecular weight excluding hydrogens is 380 g/mol. The zero-order valence-corrected chi connectivity index (χ0v) is 17.2. The molecule has 1 heterocycles. The average Bonchev–Trinajstić information content (AvgIpc) is 3.28. The lowest BCUT2D eigenvalue weighted by Crippen LogP contribution is -2.27. The zero-order chi connectivity index (χ0) is 21.1. The van der Waals surface area contributed by atoms with Crippen molar-refractivity contribution in [2.24, 2.45) is 11.8 Å². The summed E-state index contributed by atoms with van der Waals surface area (Å²) in [7, 11) is 0. The van der Waals surface area contributed by atoms with Crippen molar-refractivity contribution in [3.8, 4) is 11.1 Å². The van der Waals surface area contributed by atoms with Gasteiger partial charge in [-0.15, -0.1) is 0 Å². The Morgan fingerprint density at radius 1 is 1.13 bits per heavy atom. The van der Waals surface area contributed by atoms with Crippen molar-refractivity contribution in [1.82, 2.24) is 0 Å². The van der Waals surface area contributed by atoms with Crippen LogP contribution in [-0.2, 0) is 14.3 Å². The Hall–Kier alpha value is -2.66. The van der Waals surface area contributed by atoms with Crippen LogP contribution in [0.15, 0.2) is 54.6 Å². The highest BCUT2D eigenvalue weighted by atomic mass is 16.6. The molecular formula is C25H28O5. The Morgan fingerprint density at radius 2 is 1.83 bits per heavy atom. The molecule has 158 valence electrons. The number of aliphatic hydroxyl groups excluding tert-OH is 1. The van der Waals surface area contributed by atoms with Gasteiger partial charge < -0.3 is 14.6 Å². The van der Waals surface area contributed by atoms with E-state index < -0.39 is 0 Å². The molecule has 1 saturated carbocycles. The van der Waals surface area contributed by atoms with E-state index >= 15 is 0 Å². The second-order valence-corrected chi connectivity index (χ2v) is 8.32. The molecule has 0 bridgehead atoms. The van der Waals surface area contributed by atoms with Gasteiger partial charge in [0.1, 0.15) is 12.2 Å². The summed E-state index contributed by atoms with van der Waals surface area (Å²) in [5.74, 6) is -0.422. The van der Waals surface area contributed by atoms with Crippen molar-refractivity contribution in [1.29, 1.82) is 0 Å². The van der Waals surface area contributed by atoms with E-state index in [-0.39, 0.29) is 42.1 Å². The Kier molecular flexibility index (Phi) is 6.18. The normalized spacial score (nSPS) is 26.1. The number of ether oxygens (including phenoxy) is 2. The second kappa shape index (κ2) is 9.00. The van der Waals surface area contributed by atoms with Gasteiger partial charge >= 0.3 is 11.9 Å². The molecule has 2 aromatic carbocycles. The zero-order valence-electron chi connectivity index (χ0n) is 17.2. The molecule has 5 atom stereocenters. The summed E-state index contributed by atoms with van der Waals surface area (Å²) < 4.78 is 11.3. The van der Waals surface area contributed by atoms with E-state index in [0.717, 1.165) is 17.5 Å². The highest BCUT2D eigenvalue weighted by molar-refractivity contribution is 5.90. The molecule has 2 fully saturated rings. The van der Waals surface area contributed by atoms with Gasteiger partial charge in [0.25, 0.3) is 0 Å². The van der Waals surface area contributed by atoms with E-state index in [1.54, 1.807) is 12.1 Å². The Labute approximate surface area is 177 Å². The fourth-order valence-electron chi connectivity index (χ4n) is 4.72. The predicted octanol–water partition coefficient (Wildman–Crippen LogP) is 4.38. The first-order valence-corrected chi connectivity index (χ1v) is 10.8. The van der Waals surface area contributed by atoms with Gasteiger partial charge in [-0.05, 0) is 42.5 Å². The second-order valence-electron chi connectivity index (χ2n) is 8.32. The molecule has 2 aromatic rings. The van der Waals surface area contributed by atoms with E-state index in [4.69, 9.17) is 9.47 Å². The molecule has 0 amide bonds. The third-order valence-corrected chi connectivity index (χ3v) is 6.45. The minimum atomic E-state index is -0.371. The molecule has 1 aliphatic carbocycles. The summed E-state index contributed by atoms with van der Waals surface area (Å²) in [6.45, 7) is 1.95. The van der Waals surface area contributed by atoms with Gasteiger partial charge in [0, 0.05) is 18.3 Å². The van der Waals surface area contributed by atoms with Crippen LogP contribution in [0.25, 0.3) is 11.1 Å². The van der Waals surface area contributed by atoms with Gasteiger partial charge in [-0.3, -0.25) is 4.79 Å². The Balaban J connectivity index is 1.43. The predicted molar refractivity (Wildman–Crippen MR) is 113 cm³/mol. The van der Waals surface area contributed by atoms with Crippen LogP contribution >= 0.6 is 0 Å². The van der Waals surface area contributed by atoms with Crippen LogP contribution in [0.5, 0.6) is 0 Å². The van der Waals surface area contributed by atoms with Crippen LogP contribution in [0.4, 0.5) is 0 Å². The van der Waals surface area contributed by atoms with E-state index in [0.29, 0.717) is 31.2 Å². The number of fused-ring (bicyclic) bond motifs is 1. The minimum absolute atomic E-state index is 0.0372. The molecule has 2 aliphatic rings. The molecule has 1 saturated heterocycles. The Morgan fingerprint density at radius 3 is 2.53 bits per heavy atom. The van der Waals surface area contributed by atoms with Crippen molar-refractivity contribution in [2.45, 2.75) is 57.3 Å². The summed E-state index contributed by atoms with van der Waals surface area (Å²) in [6.07, 6.45) is 2.11. The number of hydrogen-bond donors (Lipinski definition) is 1. The van der Waals surface area contributed by atoms with E-state index in [2.05, 4.69) is 0 Å². The van der Waals surface area contributed by atoms with Crippen molar-refractivity contribution in [3.63, 3.8) is 0 Å². The smallest absolute Gasteiger partial charge is 0.338 e. The van der Waals surface area contributed by atoms with Gasteiger partial charge in [0.2, 0.25) is 0 Å². The lowest BCUT2D eigenvalue weighted by atomic mass is 9.87. The molecule has 30 heavy (non-hydrogen) atoms. The first-order chi connectivity index (χ1) is 14.5. The van der Waals surface area contributed by atoms with Gasteiger partial charge in [0.15, 0.2) is 0 Å². The standard InChI is InChI=1S/C25H28O5/c1-2-19(26)12-13-20-21-14-24(27)29-23(21)15-22(20)30-25(28)18-10-8-17(9-11-18)16-6-4-3-5-7-16/h3-11,19-23,26H,2,12-15H2,1H3/t19-,20+,21+,22?,23-/m0/s1. The van der Waals surface area contributed by atoms with Crippen molar-refractivity contribution in [3.05, 3.63) is 60.2 Å². The SMILES string of the molecule is CC[C@H](O)CC[C@H]1C(OC(=O)c2ccc(-c3ccccc3)cc2)C[C@@H]2OC(=O)C[C@@H]21. The number of hydrogen-bond acceptors (Lipinski definition) is 5. The molecule has 5 heteroatoms. The summed E-state index contributed by atoms with van der Waals surface area (Å²) >= 11 is 0. The maximum absolute atomic E-state index is 12.8. The summed E-state index contributed by atoms with van der Waals surface area (Å²) in [5, 5.41) is 9.97. The Bertz CT molecular complexity index is 876. The molecule has 0 aromatic heterocycles. The molecule has 1 unspecified atom stereocenters. The van der Waals surface area contributed by atoms with E-state index in [1.165, 1.54) is 0 Å². The van der Waals surface area contributed by atoms with Crippen LogP contribution in [0, 0.1) is 11.8 Å². The number of carbonyl (C=O) groups excluding carboxylic acids is 2. The lowest BCUT2D eigenvalue weighted by Gasteiger charge is -2.24. The van der Waals surface area contributed by atoms with Crippen molar-refractivity contribution >= 4 is 11.9 Å². The largest absolute Gasteiger partial charge is 0.462 e. The molecule has 4 rings (SSSR count). The van der Waals surface area contributed by atoms with Crippen LogP contribution in [0.2, 0.25) is 0 Å². The first kappa shape index (κ1) is 20.6. The molecule has 1 aliphatic heterocycles. The molecule has 0 radical (unpaired) electrons. The quantitative estimate of drug-likeness (QED) is 0.688. The monoisotopic (exact) mass is 408 g/mol. The number of carbonyl (C=O) groups is 2. The third-order valence-electron chi connectivity index (χ3n) is 6.45. The van der Waals surface area contributed by atoms with Gasteiger partial charge in [-0.1, -0.05) is 49.4 Å². The maximum atomic E-state index is 12.8. The van der Waals surface area contributed by atoms with Crippen LogP contribution in [0.1, 0.15) is 49.4 Å². The topological polar surface area (TPSA) is 72.8 Å². The first-order valence-electron chi connectivity index (χ1n) is 10.8. The lowest BCUT2D eigenvalue weighted by molar-refractivity contribution is -0.141. The summed E-state index contributed by atoms with van der Waals surface area (Å²) in [6, 6.07) is 17.4. The highest BCUT2D eigenvalue weighted by Gasteiger charge is 2.51. The van der Waals surface area contributed by atoms with Gasteiger partial charge in [0.05, 0.1) is 18.1 Å². The van der Waals surface area contributed by atoms with Gasteiger partial charge in [-0.2, -0.15) is 0 Å². The molecule has 1 N–H and O–H groups in total. The van der Waals surface area contributed by atoms with Crippen molar-refractivity contribution in [2.75, 3.05) is 0 Å². The average molecular weight is 408 g/mol. The van der Waals surface area contributed by atoms with Gasteiger partial charge in [-0.25, -0.2) is 4.79 Å². The van der Waals surface area contributed by atoms with Crippen LogP contribution in [0.3, 0.4) is 0 Å². The van der Waals surface area contributed by atoms with Crippen LogP contribution < -0.4 is 0 Å². The maximum Gasteiger partial charge on any atom is 0.338 e. The number of benzene rings is 2. The fourth-order valence-corrected chi connectivity index (χ4v) is 4.72. The minimum Gasteiger partial charge on any atom is -0.462 e. The molecule has 0 spiro atoms. The number of rotatable bonds is 7. The van der Waals surface area contributed by atoms with Crippen LogP contribution in [-0.4, -0.2) is 35.4 Å². The summed E-state index contributed by atoms with van der Waals surface area (Å²) in [5.41, 5.74) is 2.65. The van der Waals surface area contributed by atoms with Crippen molar-refractivity contribution < 1.29 is 24.2 Å². The molecule has 5 nitrogen and oxygen atoms in total. The van der Waals surface area contributed by atoms with E-state index in [9.17, 15) is 14.7 Å². The summed E-state index contributed by atoms with van der Waals surface area (Å²) in [4.78, 5) is 24.5. The number of aliphatic hydroxyl groups is 1. The number of esters is 2.